The Hall–Kier alpha value is -1.84. The quantitative estimate of drug-likeness (QED) is 0.852. The normalized spacial score (nSPS) is 22.1. The SMILES string of the molecule is CC(C)(C)c1cccc2c1C(=O)C(C1CC1)N2C(=O)O. The second-order valence-electron chi connectivity index (χ2n) is 6.75. The van der Waals surface area contributed by atoms with Crippen LogP contribution in [0.25, 0.3) is 0 Å². The molecule has 2 aliphatic rings. The second kappa shape index (κ2) is 4.08. The molecule has 0 saturated heterocycles. The van der Waals surface area contributed by atoms with Crippen molar-refractivity contribution < 1.29 is 14.7 Å². The molecule has 1 aliphatic carbocycles. The number of Topliss-reactive ketones (excluding diaryl/α,β-unsaturated/α-hetero) is 1. The lowest BCUT2D eigenvalue weighted by atomic mass is 9.82. The van der Waals surface area contributed by atoms with Gasteiger partial charge in [-0.2, -0.15) is 0 Å². The van der Waals surface area contributed by atoms with Gasteiger partial charge in [-0.15, -0.1) is 0 Å². The van der Waals surface area contributed by atoms with E-state index in [1.807, 2.05) is 32.9 Å². The van der Waals surface area contributed by atoms with E-state index in [1.165, 1.54) is 4.90 Å². The standard InChI is InChI=1S/C16H19NO3/c1-16(2,3)10-5-4-6-11-12(10)14(18)13(9-7-8-9)17(11)15(19)20/h4-6,9,13H,7-8H2,1-3H3,(H,19,20). The van der Waals surface area contributed by atoms with Gasteiger partial charge >= 0.3 is 6.09 Å². The molecule has 1 fully saturated rings. The van der Waals surface area contributed by atoms with Gasteiger partial charge in [-0.1, -0.05) is 32.9 Å². The number of carbonyl (C=O) groups is 2. The van der Waals surface area contributed by atoms with Gasteiger partial charge in [-0.3, -0.25) is 9.69 Å². The first-order chi connectivity index (χ1) is 9.32. The summed E-state index contributed by atoms with van der Waals surface area (Å²) in [6.45, 7) is 6.14. The average Bonchev–Trinajstić information content (AvgIpc) is 3.13. The second-order valence-corrected chi connectivity index (χ2v) is 6.75. The van der Waals surface area contributed by atoms with E-state index in [1.54, 1.807) is 6.07 Å². The summed E-state index contributed by atoms with van der Waals surface area (Å²) in [4.78, 5) is 25.6. The lowest BCUT2D eigenvalue weighted by molar-refractivity contribution is 0.0956. The molecule has 1 aromatic rings. The predicted octanol–water partition coefficient (Wildman–Crippen LogP) is 3.44. The molecular weight excluding hydrogens is 254 g/mol. The number of hydrogen-bond donors (Lipinski definition) is 1. The topological polar surface area (TPSA) is 57.6 Å². The zero-order chi connectivity index (χ0) is 14.7. The molecule has 1 aliphatic heterocycles. The number of carbonyl (C=O) groups excluding carboxylic acids is 1. The van der Waals surface area contributed by atoms with Gasteiger partial charge in [-0.25, -0.2) is 4.79 Å². The maximum Gasteiger partial charge on any atom is 0.412 e. The summed E-state index contributed by atoms with van der Waals surface area (Å²) in [7, 11) is 0. The Morgan fingerprint density at radius 2 is 1.95 bits per heavy atom. The maximum atomic E-state index is 12.8. The number of carboxylic acid groups (broad SMARTS) is 1. The third kappa shape index (κ3) is 1.82. The molecule has 1 unspecified atom stereocenters. The number of benzene rings is 1. The van der Waals surface area contributed by atoms with Crippen molar-refractivity contribution >= 4 is 17.6 Å². The number of anilines is 1. The van der Waals surface area contributed by atoms with E-state index in [0.29, 0.717) is 11.3 Å². The predicted molar refractivity (Wildman–Crippen MR) is 76.5 cm³/mol. The molecule has 20 heavy (non-hydrogen) atoms. The van der Waals surface area contributed by atoms with Crippen LogP contribution in [0.4, 0.5) is 10.5 Å². The van der Waals surface area contributed by atoms with Gasteiger partial charge in [0.2, 0.25) is 0 Å². The zero-order valence-electron chi connectivity index (χ0n) is 12.0. The van der Waals surface area contributed by atoms with Gasteiger partial charge in [0.25, 0.3) is 0 Å². The molecule has 1 saturated carbocycles. The Morgan fingerprint density at radius 3 is 2.45 bits per heavy atom. The minimum Gasteiger partial charge on any atom is -0.465 e. The van der Waals surface area contributed by atoms with Crippen LogP contribution >= 0.6 is 0 Å². The first-order valence-electron chi connectivity index (χ1n) is 7.02. The van der Waals surface area contributed by atoms with Crippen molar-refractivity contribution in [3.8, 4) is 0 Å². The van der Waals surface area contributed by atoms with Gasteiger partial charge < -0.3 is 5.11 Å². The van der Waals surface area contributed by atoms with Gasteiger partial charge in [0.15, 0.2) is 5.78 Å². The Balaban J connectivity index is 2.19. The summed E-state index contributed by atoms with van der Waals surface area (Å²) in [6.07, 6.45) is 0.859. The molecule has 1 atom stereocenters. The first kappa shape index (κ1) is 13.2. The largest absolute Gasteiger partial charge is 0.465 e. The van der Waals surface area contributed by atoms with E-state index in [0.717, 1.165) is 18.4 Å². The number of fused-ring (bicyclic) bond motifs is 1. The lowest BCUT2D eigenvalue weighted by Gasteiger charge is -2.22. The molecule has 106 valence electrons. The van der Waals surface area contributed by atoms with E-state index in [-0.39, 0.29) is 17.1 Å². The summed E-state index contributed by atoms with van der Waals surface area (Å²) in [5, 5.41) is 9.49. The van der Waals surface area contributed by atoms with Crippen LogP contribution in [-0.4, -0.2) is 23.0 Å². The molecule has 1 heterocycles. The molecule has 4 heteroatoms. The summed E-state index contributed by atoms with van der Waals surface area (Å²) >= 11 is 0. The van der Waals surface area contributed by atoms with Crippen molar-refractivity contribution in [2.45, 2.75) is 45.1 Å². The van der Waals surface area contributed by atoms with Gasteiger partial charge in [0, 0.05) is 5.56 Å². The molecular formula is C16H19NO3. The highest BCUT2D eigenvalue weighted by Gasteiger charge is 2.50. The fourth-order valence-corrected chi connectivity index (χ4v) is 3.10. The number of ketones is 1. The highest BCUT2D eigenvalue weighted by molar-refractivity contribution is 6.17. The molecule has 0 bridgehead atoms. The Labute approximate surface area is 118 Å². The van der Waals surface area contributed by atoms with Crippen molar-refractivity contribution in [1.82, 2.24) is 0 Å². The molecule has 1 N–H and O–H groups in total. The van der Waals surface area contributed by atoms with Crippen LogP contribution in [0.3, 0.4) is 0 Å². The fourth-order valence-electron chi connectivity index (χ4n) is 3.10. The lowest BCUT2D eigenvalue weighted by Crippen LogP contribution is -2.40. The molecule has 1 amide bonds. The molecule has 1 aromatic carbocycles. The summed E-state index contributed by atoms with van der Waals surface area (Å²) in [5.41, 5.74) is 1.93. The highest BCUT2D eigenvalue weighted by atomic mass is 16.4. The molecule has 3 rings (SSSR count). The van der Waals surface area contributed by atoms with Crippen molar-refractivity contribution in [2.75, 3.05) is 4.90 Å². The van der Waals surface area contributed by atoms with Crippen LogP contribution in [0, 0.1) is 5.92 Å². The van der Waals surface area contributed by atoms with E-state index < -0.39 is 12.1 Å². The van der Waals surface area contributed by atoms with Crippen LogP contribution in [0.1, 0.15) is 49.5 Å². The fraction of sp³-hybridized carbons (Fsp3) is 0.500. The Bertz CT molecular complexity index is 596. The van der Waals surface area contributed by atoms with Crippen LogP contribution < -0.4 is 4.90 Å². The van der Waals surface area contributed by atoms with Crippen LogP contribution in [0.5, 0.6) is 0 Å². The van der Waals surface area contributed by atoms with Crippen molar-refractivity contribution in [3.63, 3.8) is 0 Å². The van der Waals surface area contributed by atoms with Gasteiger partial charge in [-0.05, 0) is 35.8 Å². The van der Waals surface area contributed by atoms with Crippen molar-refractivity contribution in [1.29, 1.82) is 0 Å². The highest BCUT2D eigenvalue weighted by Crippen LogP contribution is 2.46. The zero-order valence-corrected chi connectivity index (χ0v) is 12.0. The minimum atomic E-state index is -1.03. The molecule has 0 spiro atoms. The van der Waals surface area contributed by atoms with Gasteiger partial charge in [0.1, 0.15) is 6.04 Å². The first-order valence-corrected chi connectivity index (χ1v) is 7.02. The van der Waals surface area contributed by atoms with Gasteiger partial charge in [0.05, 0.1) is 5.69 Å². The minimum absolute atomic E-state index is 0.0181. The number of nitrogens with zero attached hydrogens (tertiary/aromatic N) is 1. The maximum absolute atomic E-state index is 12.8. The Morgan fingerprint density at radius 1 is 1.30 bits per heavy atom. The van der Waals surface area contributed by atoms with E-state index in [9.17, 15) is 14.7 Å². The monoisotopic (exact) mass is 273 g/mol. The summed E-state index contributed by atoms with van der Waals surface area (Å²) in [6, 6.07) is 5.02. The van der Waals surface area contributed by atoms with Crippen molar-refractivity contribution in [2.24, 2.45) is 5.92 Å². The van der Waals surface area contributed by atoms with E-state index >= 15 is 0 Å². The third-order valence-corrected chi connectivity index (χ3v) is 4.18. The van der Waals surface area contributed by atoms with E-state index in [4.69, 9.17) is 0 Å². The number of rotatable bonds is 1. The smallest absolute Gasteiger partial charge is 0.412 e. The number of hydrogen-bond acceptors (Lipinski definition) is 2. The van der Waals surface area contributed by atoms with Crippen LogP contribution in [0.2, 0.25) is 0 Å². The number of amides is 1. The Kier molecular flexibility index (Phi) is 2.68. The van der Waals surface area contributed by atoms with E-state index in [2.05, 4.69) is 0 Å². The van der Waals surface area contributed by atoms with Crippen LogP contribution in [-0.2, 0) is 5.41 Å². The molecule has 0 aromatic heterocycles. The van der Waals surface area contributed by atoms with Crippen molar-refractivity contribution in [3.05, 3.63) is 29.3 Å². The molecule has 0 radical (unpaired) electrons. The average molecular weight is 273 g/mol. The summed E-state index contributed by atoms with van der Waals surface area (Å²) < 4.78 is 0. The van der Waals surface area contributed by atoms with Crippen LogP contribution in [0.15, 0.2) is 18.2 Å². The molecule has 4 nitrogen and oxygen atoms in total. The summed E-state index contributed by atoms with van der Waals surface area (Å²) in [5.74, 6) is 0.175. The third-order valence-electron chi connectivity index (χ3n) is 4.18.